The highest BCUT2D eigenvalue weighted by molar-refractivity contribution is 8.00. The lowest BCUT2D eigenvalue weighted by molar-refractivity contribution is -0.128. The highest BCUT2D eigenvalue weighted by atomic mass is 32.2. The van der Waals surface area contributed by atoms with Gasteiger partial charge in [0.2, 0.25) is 5.91 Å². The molecule has 0 fully saturated rings. The molecule has 2 aromatic carbocycles. The standard InChI is InChI=1S/C21H20N4OS2/c1-13(20-24-17-10-6-7-11-18(17)28-20)25(3)19(26)12-27-21-15-8-4-5-9-16(15)22-14(2)23-21/h4-11,13H,12H2,1-3H3/t13-/m0/s1. The molecule has 0 spiro atoms. The van der Waals surface area contributed by atoms with Gasteiger partial charge in [-0.25, -0.2) is 15.0 Å². The molecule has 28 heavy (non-hydrogen) atoms. The van der Waals surface area contributed by atoms with Gasteiger partial charge in [-0.3, -0.25) is 4.79 Å². The second-order valence-electron chi connectivity index (χ2n) is 6.58. The molecule has 2 aromatic heterocycles. The third-order valence-electron chi connectivity index (χ3n) is 4.65. The van der Waals surface area contributed by atoms with Gasteiger partial charge in [-0.2, -0.15) is 0 Å². The lowest BCUT2D eigenvalue weighted by atomic mass is 10.2. The summed E-state index contributed by atoms with van der Waals surface area (Å²) in [6.07, 6.45) is 0. The summed E-state index contributed by atoms with van der Waals surface area (Å²) in [6, 6.07) is 15.9. The van der Waals surface area contributed by atoms with Crippen LogP contribution in [-0.2, 0) is 4.79 Å². The van der Waals surface area contributed by atoms with Crippen LogP contribution in [-0.4, -0.2) is 38.6 Å². The number of hydrogen-bond acceptors (Lipinski definition) is 6. The molecule has 1 amide bonds. The number of nitrogens with zero attached hydrogens (tertiary/aromatic N) is 4. The molecule has 5 nitrogen and oxygen atoms in total. The Labute approximate surface area is 171 Å². The lowest BCUT2D eigenvalue weighted by Gasteiger charge is -2.23. The van der Waals surface area contributed by atoms with Crippen molar-refractivity contribution in [3.05, 3.63) is 59.4 Å². The number of hydrogen-bond donors (Lipinski definition) is 0. The molecule has 7 heteroatoms. The van der Waals surface area contributed by atoms with Crippen molar-refractivity contribution >= 4 is 50.1 Å². The zero-order valence-corrected chi connectivity index (χ0v) is 17.5. The smallest absolute Gasteiger partial charge is 0.233 e. The van der Waals surface area contributed by atoms with E-state index in [-0.39, 0.29) is 11.9 Å². The van der Waals surface area contributed by atoms with Crippen molar-refractivity contribution in [2.45, 2.75) is 24.9 Å². The van der Waals surface area contributed by atoms with Crippen LogP contribution >= 0.6 is 23.1 Å². The summed E-state index contributed by atoms with van der Waals surface area (Å²) in [5.41, 5.74) is 1.88. The number of carbonyl (C=O) groups is 1. The quantitative estimate of drug-likeness (QED) is 0.349. The molecular formula is C21H20N4OS2. The molecule has 0 N–H and O–H groups in total. The van der Waals surface area contributed by atoms with Crippen molar-refractivity contribution in [3.63, 3.8) is 0 Å². The van der Waals surface area contributed by atoms with Gasteiger partial charge in [-0.15, -0.1) is 11.3 Å². The van der Waals surface area contributed by atoms with Crippen LogP contribution in [0.15, 0.2) is 53.6 Å². The summed E-state index contributed by atoms with van der Waals surface area (Å²) < 4.78 is 1.14. The van der Waals surface area contributed by atoms with Gasteiger partial charge in [0.25, 0.3) is 0 Å². The van der Waals surface area contributed by atoms with E-state index in [2.05, 4.69) is 21.0 Å². The molecule has 4 aromatic rings. The van der Waals surface area contributed by atoms with Crippen LogP contribution in [0.3, 0.4) is 0 Å². The molecule has 0 radical (unpaired) electrons. The minimum atomic E-state index is -0.0746. The Balaban J connectivity index is 1.49. The monoisotopic (exact) mass is 408 g/mol. The molecule has 0 aliphatic carbocycles. The molecule has 1 atom stereocenters. The van der Waals surface area contributed by atoms with Crippen LogP contribution in [0.25, 0.3) is 21.1 Å². The average Bonchev–Trinajstić information content (AvgIpc) is 3.14. The first-order valence-corrected chi connectivity index (χ1v) is 10.8. The van der Waals surface area contributed by atoms with E-state index in [4.69, 9.17) is 0 Å². The maximum Gasteiger partial charge on any atom is 0.233 e. The molecule has 2 heterocycles. The second kappa shape index (κ2) is 7.85. The summed E-state index contributed by atoms with van der Waals surface area (Å²) >= 11 is 3.10. The number of fused-ring (bicyclic) bond motifs is 2. The Bertz CT molecular complexity index is 1120. The van der Waals surface area contributed by atoms with E-state index in [9.17, 15) is 4.79 Å². The highest BCUT2D eigenvalue weighted by Crippen LogP contribution is 2.30. The maximum absolute atomic E-state index is 12.8. The van der Waals surface area contributed by atoms with Crippen LogP contribution in [0.2, 0.25) is 0 Å². The fourth-order valence-electron chi connectivity index (χ4n) is 2.95. The molecule has 0 saturated carbocycles. The van der Waals surface area contributed by atoms with E-state index in [1.807, 2.05) is 63.4 Å². The number of aromatic nitrogens is 3. The molecule has 0 aliphatic heterocycles. The SMILES string of the molecule is Cc1nc(SCC(=O)N(C)[C@@H](C)c2nc3ccccc3s2)c2ccccc2n1. The Morgan fingerprint density at radius 3 is 2.57 bits per heavy atom. The number of amides is 1. The summed E-state index contributed by atoms with van der Waals surface area (Å²) in [7, 11) is 1.84. The first kappa shape index (κ1) is 18.8. The van der Waals surface area contributed by atoms with Crippen molar-refractivity contribution in [1.29, 1.82) is 0 Å². The maximum atomic E-state index is 12.8. The number of para-hydroxylation sites is 2. The normalized spacial score (nSPS) is 12.4. The summed E-state index contributed by atoms with van der Waals surface area (Å²) in [5.74, 6) is 1.09. The predicted octanol–water partition coefficient (Wildman–Crippen LogP) is 4.86. The third-order valence-corrected chi connectivity index (χ3v) is 6.84. The van der Waals surface area contributed by atoms with Crippen LogP contribution in [0.5, 0.6) is 0 Å². The molecule has 4 rings (SSSR count). The van der Waals surface area contributed by atoms with E-state index in [1.54, 1.807) is 16.2 Å². The van der Waals surface area contributed by atoms with Gasteiger partial charge in [0.15, 0.2) is 0 Å². The van der Waals surface area contributed by atoms with Gasteiger partial charge in [-0.05, 0) is 32.0 Å². The van der Waals surface area contributed by atoms with Gasteiger partial charge in [0.1, 0.15) is 15.9 Å². The van der Waals surface area contributed by atoms with E-state index in [1.165, 1.54) is 11.8 Å². The van der Waals surface area contributed by atoms with Crippen molar-refractivity contribution in [2.24, 2.45) is 0 Å². The molecule has 0 unspecified atom stereocenters. The van der Waals surface area contributed by atoms with Crippen LogP contribution < -0.4 is 0 Å². The first-order chi connectivity index (χ1) is 13.5. The van der Waals surface area contributed by atoms with Crippen LogP contribution in [0, 0.1) is 6.92 Å². The second-order valence-corrected chi connectivity index (χ2v) is 8.61. The van der Waals surface area contributed by atoms with Gasteiger partial charge in [0, 0.05) is 12.4 Å². The summed E-state index contributed by atoms with van der Waals surface area (Å²) in [6.45, 7) is 3.89. The van der Waals surface area contributed by atoms with Crippen molar-refractivity contribution < 1.29 is 4.79 Å². The van der Waals surface area contributed by atoms with Crippen molar-refractivity contribution in [3.8, 4) is 0 Å². The molecule has 0 saturated heterocycles. The van der Waals surface area contributed by atoms with E-state index < -0.39 is 0 Å². The number of rotatable bonds is 5. The fraction of sp³-hybridized carbons (Fsp3) is 0.238. The number of carbonyl (C=O) groups excluding carboxylic acids is 1. The molecular weight excluding hydrogens is 388 g/mol. The zero-order valence-electron chi connectivity index (χ0n) is 15.9. The number of thiazole rings is 1. The van der Waals surface area contributed by atoms with Crippen LogP contribution in [0.1, 0.15) is 23.8 Å². The minimum Gasteiger partial charge on any atom is -0.336 e. The lowest BCUT2D eigenvalue weighted by Crippen LogP contribution is -2.31. The van der Waals surface area contributed by atoms with Crippen molar-refractivity contribution in [2.75, 3.05) is 12.8 Å². The summed E-state index contributed by atoms with van der Waals surface area (Å²) in [5, 5.41) is 2.77. The van der Waals surface area contributed by atoms with E-state index in [0.717, 1.165) is 31.2 Å². The average molecular weight is 409 g/mol. The third kappa shape index (κ3) is 3.72. The van der Waals surface area contributed by atoms with Gasteiger partial charge in [-0.1, -0.05) is 42.1 Å². The topological polar surface area (TPSA) is 59.0 Å². The first-order valence-electron chi connectivity index (χ1n) is 9.00. The molecule has 0 aliphatic rings. The van der Waals surface area contributed by atoms with Gasteiger partial charge >= 0.3 is 0 Å². The zero-order chi connectivity index (χ0) is 19.7. The fourth-order valence-corrected chi connectivity index (χ4v) is 5.00. The van der Waals surface area contributed by atoms with Gasteiger partial charge < -0.3 is 4.90 Å². The minimum absolute atomic E-state index is 0.0529. The number of thioether (sulfide) groups is 1. The Kier molecular flexibility index (Phi) is 5.28. The number of benzene rings is 2. The number of aryl methyl sites for hydroxylation is 1. The largest absolute Gasteiger partial charge is 0.336 e. The van der Waals surface area contributed by atoms with E-state index in [0.29, 0.717) is 11.6 Å². The molecule has 142 valence electrons. The summed E-state index contributed by atoms with van der Waals surface area (Å²) in [4.78, 5) is 28.3. The predicted molar refractivity (Wildman–Crippen MR) is 116 cm³/mol. The van der Waals surface area contributed by atoms with Crippen LogP contribution in [0.4, 0.5) is 0 Å². The molecule has 0 bridgehead atoms. The Morgan fingerprint density at radius 1 is 1.07 bits per heavy atom. The Morgan fingerprint density at radius 2 is 1.79 bits per heavy atom. The Hall–Kier alpha value is -2.51. The van der Waals surface area contributed by atoms with Gasteiger partial charge in [0.05, 0.1) is 27.5 Å². The highest BCUT2D eigenvalue weighted by Gasteiger charge is 2.21. The van der Waals surface area contributed by atoms with Crippen molar-refractivity contribution in [1.82, 2.24) is 19.9 Å². The van der Waals surface area contributed by atoms with E-state index >= 15 is 0 Å².